The highest BCUT2D eigenvalue weighted by atomic mass is 16.2. The van der Waals surface area contributed by atoms with E-state index in [4.69, 9.17) is 9.59 Å². The molecule has 100 valence electrons. The van der Waals surface area contributed by atoms with Gasteiger partial charge in [0.1, 0.15) is 0 Å². The summed E-state index contributed by atoms with van der Waals surface area (Å²) in [6.07, 6.45) is 11.5. The Morgan fingerprint density at radius 1 is 1.33 bits per heavy atom. The zero-order valence-electron chi connectivity index (χ0n) is 11.8. The molecule has 2 rings (SSSR count). The summed E-state index contributed by atoms with van der Waals surface area (Å²) in [5, 5.41) is 0. The van der Waals surface area contributed by atoms with Crippen molar-refractivity contribution in [1.29, 1.82) is 0 Å². The van der Waals surface area contributed by atoms with Gasteiger partial charge in [-0.05, 0) is 48.0 Å². The Kier molecular flexibility index (Phi) is 4.70. The first-order valence-electron chi connectivity index (χ1n) is 6.74. The van der Waals surface area contributed by atoms with Crippen molar-refractivity contribution < 1.29 is 9.59 Å². The molecule has 2 heteroatoms. The maximum Gasteiger partial charge on any atom is 0.373 e. The van der Waals surface area contributed by atoms with Crippen LogP contribution in [0.2, 0.25) is 0 Å². The highest BCUT2D eigenvalue weighted by Crippen LogP contribution is 2.58. The standard InChI is InChI=1S/C15H24.CO2/c1-5-12-8-6-9-13-14(2,3)10-7-11-15(12,13)4;2-1-3/h5,8,13H,1,6-7,9-11H2,2-4H3;/t13-,15+;/m1./s1. The van der Waals surface area contributed by atoms with Crippen molar-refractivity contribution >= 4 is 6.15 Å². The molecule has 0 aromatic heterocycles. The summed E-state index contributed by atoms with van der Waals surface area (Å²) < 4.78 is 0. The number of allylic oxidation sites excluding steroid dienone is 3. The summed E-state index contributed by atoms with van der Waals surface area (Å²) in [6.45, 7) is 11.4. The maximum absolute atomic E-state index is 8.12. The minimum atomic E-state index is 0.250. The molecule has 0 amide bonds. The van der Waals surface area contributed by atoms with Crippen LogP contribution < -0.4 is 0 Å². The molecule has 0 N–H and O–H groups in total. The summed E-state index contributed by atoms with van der Waals surface area (Å²) in [4.78, 5) is 16.2. The average Bonchev–Trinajstić information content (AvgIpc) is 2.28. The van der Waals surface area contributed by atoms with Crippen LogP contribution in [0.4, 0.5) is 0 Å². The predicted octanol–water partition coefficient (Wildman–Crippen LogP) is 4.14. The molecule has 1 fully saturated rings. The Balaban J connectivity index is 0.000000492. The molecule has 2 nitrogen and oxygen atoms in total. The molecule has 2 aliphatic carbocycles. The van der Waals surface area contributed by atoms with E-state index >= 15 is 0 Å². The van der Waals surface area contributed by atoms with Crippen LogP contribution in [0.25, 0.3) is 0 Å². The highest BCUT2D eigenvalue weighted by molar-refractivity contribution is 5.29. The van der Waals surface area contributed by atoms with Crippen LogP contribution in [0.1, 0.15) is 52.9 Å². The van der Waals surface area contributed by atoms with Crippen molar-refractivity contribution in [3.05, 3.63) is 24.3 Å². The van der Waals surface area contributed by atoms with Gasteiger partial charge in [0.25, 0.3) is 0 Å². The topological polar surface area (TPSA) is 34.1 Å². The van der Waals surface area contributed by atoms with Crippen molar-refractivity contribution in [3.63, 3.8) is 0 Å². The molecule has 2 aliphatic rings. The van der Waals surface area contributed by atoms with E-state index in [1.54, 1.807) is 0 Å². The summed E-state index contributed by atoms with van der Waals surface area (Å²) in [6, 6.07) is 0. The lowest BCUT2D eigenvalue weighted by atomic mass is 9.51. The summed E-state index contributed by atoms with van der Waals surface area (Å²) in [5.74, 6) is 0.858. The fourth-order valence-corrected chi connectivity index (χ4v) is 4.13. The SMILES string of the molecule is C=CC1=CCC[C@@H]2C(C)(C)CCC[C@@]12C.O=C=O. The van der Waals surface area contributed by atoms with Gasteiger partial charge in [0.05, 0.1) is 0 Å². The van der Waals surface area contributed by atoms with Gasteiger partial charge in [-0.1, -0.05) is 45.9 Å². The molecule has 0 aromatic carbocycles. The second kappa shape index (κ2) is 5.67. The normalized spacial score (nSPS) is 33.1. The minimum Gasteiger partial charge on any atom is -0.186 e. The molecule has 0 bridgehead atoms. The zero-order valence-corrected chi connectivity index (χ0v) is 11.8. The third-order valence-electron chi connectivity index (χ3n) is 4.93. The van der Waals surface area contributed by atoms with Gasteiger partial charge < -0.3 is 0 Å². The Morgan fingerprint density at radius 2 is 1.94 bits per heavy atom. The van der Waals surface area contributed by atoms with Crippen LogP contribution in [0.5, 0.6) is 0 Å². The molecule has 0 aromatic rings. The second-order valence-electron chi connectivity index (χ2n) is 6.34. The average molecular weight is 248 g/mol. The lowest BCUT2D eigenvalue weighted by Gasteiger charge is -2.53. The van der Waals surface area contributed by atoms with Crippen LogP contribution >= 0.6 is 0 Å². The maximum atomic E-state index is 8.12. The van der Waals surface area contributed by atoms with Crippen LogP contribution in [0.3, 0.4) is 0 Å². The Labute approximate surface area is 110 Å². The van der Waals surface area contributed by atoms with Gasteiger partial charge in [0.15, 0.2) is 0 Å². The van der Waals surface area contributed by atoms with E-state index in [1.807, 2.05) is 0 Å². The van der Waals surface area contributed by atoms with Crippen molar-refractivity contribution in [2.24, 2.45) is 16.7 Å². The van der Waals surface area contributed by atoms with Crippen LogP contribution in [0.15, 0.2) is 24.3 Å². The number of carbonyl (C=O) groups excluding carboxylic acids is 2. The smallest absolute Gasteiger partial charge is 0.186 e. The number of rotatable bonds is 1. The number of fused-ring (bicyclic) bond motifs is 1. The first kappa shape index (κ1) is 14.9. The van der Waals surface area contributed by atoms with Crippen molar-refractivity contribution in [1.82, 2.24) is 0 Å². The molecule has 0 heterocycles. The van der Waals surface area contributed by atoms with Gasteiger partial charge in [-0.25, -0.2) is 0 Å². The molecule has 0 radical (unpaired) electrons. The van der Waals surface area contributed by atoms with E-state index in [0.29, 0.717) is 10.8 Å². The molecule has 0 saturated heterocycles. The van der Waals surface area contributed by atoms with Crippen LogP contribution in [0, 0.1) is 16.7 Å². The summed E-state index contributed by atoms with van der Waals surface area (Å²) in [5.41, 5.74) is 2.46. The second-order valence-corrected chi connectivity index (χ2v) is 6.34. The zero-order chi connectivity index (χ0) is 13.8. The number of hydrogen-bond donors (Lipinski definition) is 0. The first-order chi connectivity index (χ1) is 8.42. The van der Waals surface area contributed by atoms with Crippen molar-refractivity contribution in [3.8, 4) is 0 Å². The largest absolute Gasteiger partial charge is 0.373 e. The molecular formula is C16H24O2. The van der Waals surface area contributed by atoms with Gasteiger partial charge in [-0.15, -0.1) is 0 Å². The third-order valence-corrected chi connectivity index (χ3v) is 4.93. The molecule has 2 atom stereocenters. The first-order valence-corrected chi connectivity index (χ1v) is 6.74. The fraction of sp³-hybridized carbons (Fsp3) is 0.688. The van der Waals surface area contributed by atoms with E-state index in [0.717, 1.165) is 5.92 Å². The molecule has 0 aliphatic heterocycles. The number of hydrogen-bond acceptors (Lipinski definition) is 2. The van der Waals surface area contributed by atoms with Gasteiger partial charge in [-0.3, -0.25) is 0 Å². The van der Waals surface area contributed by atoms with E-state index in [2.05, 4.69) is 39.5 Å². The van der Waals surface area contributed by atoms with E-state index in [9.17, 15) is 0 Å². The van der Waals surface area contributed by atoms with Crippen molar-refractivity contribution in [2.45, 2.75) is 52.9 Å². The highest BCUT2D eigenvalue weighted by Gasteiger charge is 2.48. The quantitative estimate of drug-likeness (QED) is 0.699. The van der Waals surface area contributed by atoms with E-state index in [-0.39, 0.29) is 6.15 Å². The summed E-state index contributed by atoms with van der Waals surface area (Å²) >= 11 is 0. The predicted molar refractivity (Wildman–Crippen MR) is 71.8 cm³/mol. The molecular weight excluding hydrogens is 224 g/mol. The van der Waals surface area contributed by atoms with Gasteiger partial charge in [0, 0.05) is 0 Å². The van der Waals surface area contributed by atoms with Gasteiger partial charge >= 0.3 is 6.15 Å². The van der Waals surface area contributed by atoms with Crippen molar-refractivity contribution in [2.75, 3.05) is 0 Å². The van der Waals surface area contributed by atoms with Gasteiger partial charge in [-0.2, -0.15) is 9.59 Å². The fourth-order valence-electron chi connectivity index (χ4n) is 4.13. The molecule has 1 saturated carbocycles. The van der Waals surface area contributed by atoms with E-state index < -0.39 is 0 Å². The van der Waals surface area contributed by atoms with Crippen LogP contribution in [-0.4, -0.2) is 6.15 Å². The Hall–Kier alpha value is -1.14. The molecule has 18 heavy (non-hydrogen) atoms. The Morgan fingerprint density at radius 3 is 2.50 bits per heavy atom. The van der Waals surface area contributed by atoms with Crippen LogP contribution in [-0.2, 0) is 9.59 Å². The third kappa shape index (κ3) is 2.64. The Bertz CT molecular complexity index is 373. The minimum absolute atomic E-state index is 0.250. The molecule has 0 spiro atoms. The lowest BCUT2D eigenvalue weighted by molar-refractivity contribution is -0.191. The van der Waals surface area contributed by atoms with Gasteiger partial charge in [0.2, 0.25) is 0 Å². The lowest BCUT2D eigenvalue weighted by Crippen LogP contribution is -2.44. The molecule has 0 unspecified atom stereocenters. The van der Waals surface area contributed by atoms with E-state index in [1.165, 1.54) is 37.7 Å². The monoisotopic (exact) mass is 248 g/mol. The summed E-state index contributed by atoms with van der Waals surface area (Å²) in [7, 11) is 0.